The van der Waals surface area contributed by atoms with E-state index in [0.717, 1.165) is 12.1 Å². The maximum absolute atomic E-state index is 13.0. The molecular weight excluding hydrogens is 377 g/mol. The third kappa shape index (κ3) is 4.38. The van der Waals surface area contributed by atoms with Gasteiger partial charge in [-0.25, -0.2) is 4.39 Å². The predicted molar refractivity (Wildman–Crippen MR) is 97.2 cm³/mol. The number of carbonyl (C=O) groups excluding carboxylic acids is 2. The van der Waals surface area contributed by atoms with E-state index in [9.17, 15) is 19.1 Å². The number of nitrogens with one attached hydrogen (secondary N) is 1. The van der Waals surface area contributed by atoms with E-state index in [4.69, 9.17) is 20.8 Å². The maximum atomic E-state index is 13.0. The molecule has 8 heteroatoms. The summed E-state index contributed by atoms with van der Waals surface area (Å²) in [4.78, 5) is 24.3. The summed E-state index contributed by atoms with van der Waals surface area (Å²) in [5, 5.41) is 12.6. The second-order valence-electron chi connectivity index (χ2n) is 5.86. The number of amides is 1. The lowest BCUT2D eigenvalue weighted by Gasteiger charge is -2.14. The number of furan rings is 1. The van der Waals surface area contributed by atoms with Crippen LogP contribution in [-0.2, 0) is 20.7 Å². The molecule has 1 amide bonds. The van der Waals surface area contributed by atoms with Crippen LogP contribution >= 0.6 is 11.6 Å². The summed E-state index contributed by atoms with van der Waals surface area (Å²) >= 11 is 5.85. The van der Waals surface area contributed by atoms with Crippen LogP contribution in [0.15, 0.2) is 47.1 Å². The standard InChI is InChI=1S/C19H15ClFNO5/c1-10(19(25)22-16-5-2-12(21)7-15(16)20)27-18(24)6-11-9-26-17-8-13(23)3-4-14(11)17/h2-5,7-10,23H,6H2,1H3,(H,22,25)/t10-/m0/s1. The van der Waals surface area contributed by atoms with E-state index < -0.39 is 23.8 Å². The van der Waals surface area contributed by atoms with Gasteiger partial charge in [-0.2, -0.15) is 0 Å². The first-order valence-electron chi connectivity index (χ1n) is 7.98. The first-order chi connectivity index (χ1) is 12.8. The second-order valence-corrected chi connectivity index (χ2v) is 6.27. The minimum atomic E-state index is -1.08. The molecule has 27 heavy (non-hydrogen) atoms. The molecule has 140 valence electrons. The Balaban J connectivity index is 1.61. The van der Waals surface area contributed by atoms with E-state index in [0.29, 0.717) is 16.5 Å². The number of carbonyl (C=O) groups is 2. The highest BCUT2D eigenvalue weighted by molar-refractivity contribution is 6.33. The fraction of sp³-hybridized carbons (Fsp3) is 0.158. The second kappa shape index (κ2) is 7.67. The SMILES string of the molecule is C[C@H](OC(=O)Cc1coc2cc(O)ccc12)C(=O)Nc1ccc(F)cc1Cl. The van der Waals surface area contributed by atoms with Crippen molar-refractivity contribution in [3.63, 3.8) is 0 Å². The van der Waals surface area contributed by atoms with Crippen molar-refractivity contribution < 1.29 is 28.2 Å². The molecule has 0 aliphatic heterocycles. The van der Waals surface area contributed by atoms with E-state index in [1.165, 1.54) is 31.4 Å². The van der Waals surface area contributed by atoms with Crippen LogP contribution < -0.4 is 5.32 Å². The molecule has 0 unspecified atom stereocenters. The van der Waals surface area contributed by atoms with E-state index in [2.05, 4.69) is 5.32 Å². The van der Waals surface area contributed by atoms with Crippen molar-refractivity contribution in [3.05, 3.63) is 59.1 Å². The number of benzene rings is 2. The molecule has 0 radical (unpaired) electrons. The summed E-state index contributed by atoms with van der Waals surface area (Å²) < 4.78 is 23.5. The van der Waals surface area contributed by atoms with Gasteiger partial charge in [0.1, 0.15) is 17.1 Å². The van der Waals surface area contributed by atoms with Gasteiger partial charge < -0.3 is 19.6 Å². The van der Waals surface area contributed by atoms with Crippen molar-refractivity contribution in [2.24, 2.45) is 0 Å². The third-order valence-electron chi connectivity index (χ3n) is 3.84. The van der Waals surface area contributed by atoms with Gasteiger partial charge in [0.25, 0.3) is 5.91 Å². The fourth-order valence-electron chi connectivity index (χ4n) is 2.48. The molecule has 1 heterocycles. The Morgan fingerprint density at radius 1 is 1.30 bits per heavy atom. The monoisotopic (exact) mass is 391 g/mol. The van der Waals surface area contributed by atoms with Gasteiger partial charge in [-0.15, -0.1) is 0 Å². The number of hydrogen-bond acceptors (Lipinski definition) is 5. The Hall–Kier alpha value is -3.06. The summed E-state index contributed by atoms with van der Waals surface area (Å²) in [6.45, 7) is 1.41. The van der Waals surface area contributed by atoms with Gasteiger partial charge in [0.05, 0.1) is 23.4 Å². The van der Waals surface area contributed by atoms with E-state index in [1.807, 2.05) is 0 Å². The summed E-state index contributed by atoms with van der Waals surface area (Å²) in [5.74, 6) is -1.70. The van der Waals surface area contributed by atoms with Crippen molar-refractivity contribution in [1.29, 1.82) is 0 Å². The van der Waals surface area contributed by atoms with Crippen LogP contribution in [0, 0.1) is 5.82 Å². The van der Waals surface area contributed by atoms with Crippen molar-refractivity contribution in [2.45, 2.75) is 19.4 Å². The minimum Gasteiger partial charge on any atom is -0.508 e. The zero-order valence-corrected chi connectivity index (χ0v) is 14.9. The normalized spacial score (nSPS) is 12.0. The van der Waals surface area contributed by atoms with Crippen LogP contribution in [-0.4, -0.2) is 23.1 Å². The van der Waals surface area contributed by atoms with E-state index in [-0.39, 0.29) is 22.9 Å². The number of phenolic OH excluding ortho intramolecular Hbond substituents is 1. The molecule has 2 aromatic carbocycles. The lowest BCUT2D eigenvalue weighted by atomic mass is 10.1. The average molecular weight is 392 g/mol. The highest BCUT2D eigenvalue weighted by Gasteiger charge is 2.20. The molecular formula is C19H15ClFNO5. The predicted octanol–water partition coefficient (Wildman–Crippen LogP) is 4.04. The number of ether oxygens (including phenoxy) is 1. The topological polar surface area (TPSA) is 88.8 Å². The highest BCUT2D eigenvalue weighted by atomic mass is 35.5. The molecule has 0 fully saturated rings. The number of fused-ring (bicyclic) bond motifs is 1. The Bertz CT molecular complexity index is 1020. The molecule has 6 nitrogen and oxygen atoms in total. The number of hydrogen-bond donors (Lipinski definition) is 2. The fourth-order valence-corrected chi connectivity index (χ4v) is 2.70. The van der Waals surface area contributed by atoms with Gasteiger partial charge in [0, 0.05) is 17.0 Å². The van der Waals surface area contributed by atoms with Crippen LogP contribution in [0.25, 0.3) is 11.0 Å². The number of anilines is 1. The van der Waals surface area contributed by atoms with Crippen molar-refractivity contribution in [1.82, 2.24) is 0 Å². The van der Waals surface area contributed by atoms with Crippen molar-refractivity contribution in [3.8, 4) is 5.75 Å². The maximum Gasteiger partial charge on any atom is 0.311 e. The lowest BCUT2D eigenvalue weighted by molar-refractivity contribution is -0.152. The molecule has 0 spiro atoms. The lowest BCUT2D eigenvalue weighted by Crippen LogP contribution is -2.30. The van der Waals surface area contributed by atoms with Gasteiger partial charge in [-0.05, 0) is 37.3 Å². The number of esters is 1. The van der Waals surface area contributed by atoms with Gasteiger partial charge in [0.2, 0.25) is 0 Å². The Labute approximate surface area is 158 Å². The first kappa shape index (κ1) is 18.7. The Morgan fingerprint density at radius 3 is 2.81 bits per heavy atom. The zero-order chi connectivity index (χ0) is 19.6. The van der Waals surface area contributed by atoms with Crippen LogP contribution in [0.3, 0.4) is 0 Å². The Morgan fingerprint density at radius 2 is 2.07 bits per heavy atom. The van der Waals surface area contributed by atoms with E-state index >= 15 is 0 Å². The summed E-state index contributed by atoms with van der Waals surface area (Å²) in [6, 6.07) is 8.08. The van der Waals surface area contributed by atoms with Crippen LogP contribution in [0.5, 0.6) is 5.75 Å². The van der Waals surface area contributed by atoms with Gasteiger partial charge >= 0.3 is 5.97 Å². The smallest absolute Gasteiger partial charge is 0.311 e. The zero-order valence-electron chi connectivity index (χ0n) is 14.2. The number of halogens is 2. The van der Waals surface area contributed by atoms with Gasteiger partial charge in [0.15, 0.2) is 6.10 Å². The van der Waals surface area contributed by atoms with Crippen molar-refractivity contribution in [2.75, 3.05) is 5.32 Å². The first-order valence-corrected chi connectivity index (χ1v) is 8.36. The summed E-state index contributed by atoms with van der Waals surface area (Å²) in [6.07, 6.45) is 0.210. The molecule has 3 aromatic rings. The average Bonchev–Trinajstić information content (AvgIpc) is 2.98. The summed E-state index contributed by atoms with van der Waals surface area (Å²) in [5.41, 5.74) is 1.23. The van der Waals surface area contributed by atoms with Crippen LogP contribution in [0.4, 0.5) is 10.1 Å². The quantitative estimate of drug-likeness (QED) is 0.641. The number of phenols is 1. The molecule has 1 atom stereocenters. The minimum absolute atomic E-state index is 0.0370. The van der Waals surface area contributed by atoms with Crippen LogP contribution in [0.2, 0.25) is 5.02 Å². The number of rotatable bonds is 5. The van der Waals surface area contributed by atoms with Gasteiger partial charge in [-0.3, -0.25) is 9.59 Å². The molecule has 0 saturated carbocycles. The number of aromatic hydroxyl groups is 1. The van der Waals surface area contributed by atoms with E-state index in [1.54, 1.807) is 6.07 Å². The molecule has 0 saturated heterocycles. The third-order valence-corrected chi connectivity index (χ3v) is 4.15. The molecule has 1 aromatic heterocycles. The van der Waals surface area contributed by atoms with Crippen molar-refractivity contribution >= 4 is 40.1 Å². The summed E-state index contributed by atoms with van der Waals surface area (Å²) in [7, 11) is 0. The Kier molecular flexibility index (Phi) is 5.32. The molecule has 0 bridgehead atoms. The molecule has 0 aliphatic carbocycles. The molecule has 3 rings (SSSR count). The van der Waals surface area contributed by atoms with Gasteiger partial charge in [-0.1, -0.05) is 11.6 Å². The molecule has 0 aliphatic rings. The molecule has 2 N–H and O–H groups in total. The highest BCUT2D eigenvalue weighted by Crippen LogP contribution is 2.26. The largest absolute Gasteiger partial charge is 0.508 e. The van der Waals surface area contributed by atoms with Crippen LogP contribution in [0.1, 0.15) is 12.5 Å².